The topological polar surface area (TPSA) is 78.0 Å². The normalized spacial score (nSPS) is 9.70. The van der Waals surface area contributed by atoms with Gasteiger partial charge >= 0.3 is 0 Å². The molecular formula is C15H15N3O2. The van der Waals surface area contributed by atoms with Crippen molar-refractivity contribution in [2.24, 2.45) is 0 Å². The molecule has 0 unspecified atom stereocenters. The molecule has 102 valence electrons. The monoisotopic (exact) mass is 269 g/mol. The van der Waals surface area contributed by atoms with E-state index in [1.54, 1.807) is 0 Å². The zero-order chi connectivity index (χ0) is 14.4. The Labute approximate surface area is 117 Å². The van der Waals surface area contributed by atoms with Gasteiger partial charge in [-0.3, -0.25) is 9.89 Å². The van der Waals surface area contributed by atoms with Crippen molar-refractivity contribution in [2.45, 2.75) is 13.3 Å². The number of nitrogens with zero attached hydrogens (tertiary/aromatic N) is 1. The lowest BCUT2D eigenvalue weighted by Gasteiger charge is -2.06. The summed E-state index contributed by atoms with van der Waals surface area (Å²) in [6.07, 6.45) is 3.43. The molecule has 0 saturated carbocycles. The number of anilines is 1. The molecule has 0 aliphatic heterocycles. The number of aromatic nitrogens is 2. The van der Waals surface area contributed by atoms with E-state index in [0.717, 1.165) is 11.1 Å². The Kier molecular flexibility index (Phi) is 4.53. The first-order valence-electron chi connectivity index (χ1n) is 6.21. The van der Waals surface area contributed by atoms with Gasteiger partial charge in [-0.05, 0) is 24.6 Å². The number of aliphatic hydroxyl groups excluding tert-OH is 1. The number of amides is 1. The number of benzene rings is 1. The fraction of sp³-hybridized carbons (Fsp3) is 0.200. The first-order valence-corrected chi connectivity index (χ1v) is 6.21. The van der Waals surface area contributed by atoms with Crippen molar-refractivity contribution in [3.05, 3.63) is 47.3 Å². The van der Waals surface area contributed by atoms with Crippen LogP contribution in [0.1, 0.15) is 27.9 Å². The van der Waals surface area contributed by atoms with Crippen LogP contribution in [0.4, 0.5) is 5.69 Å². The van der Waals surface area contributed by atoms with Gasteiger partial charge in [0.2, 0.25) is 0 Å². The van der Waals surface area contributed by atoms with E-state index >= 15 is 0 Å². The maximum absolute atomic E-state index is 11.9. The highest BCUT2D eigenvalue weighted by Gasteiger charge is 2.07. The fourth-order valence-corrected chi connectivity index (χ4v) is 1.63. The van der Waals surface area contributed by atoms with Crippen LogP contribution in [-0.2, 0) is 0 Å². The van der Waals surface area contributed by atoms with Crippen molar-refractivity contribution in [3.8, 4) is 11.8 Å². The predicted octanol–water partition coefficient (Wildman–Crippen LogP) is 1.70. The maximum Gasteiger partial charge on any atom is 0.258 e. The van der Waals surface area contributed by atoms with Crippen molar-refractivity contribution >= 4 is 11.6 Å². The Hall–Kier alpha value is -2.58. The van der Waals surface area contributed by atoms with Crippen molar-refractivity contribution in [2.75, 3.05) is 11.9 Å². The fourth-order valence-electron chi connectivity index (χ4n) is 1.63. The second kappa shape index (κ2) is 6.55. The molecule has 2 aromatic rings. The van der Waals surface area contributed by atoms with Gasteiger partial charge in [0.15, 0.2) is 0 Å². The maximum atomic E-state index is 11.9. The van der Waals surface area contributed by atoms with Crippen molar-refractivity contribution < 1.29 is 9.90 Å². The number of carbonyl (C=O) groups is 1. The number of H-pyrrole nitrogens is 1. The van der Waals surface area contributed by atoms with Crippen LogP contribution in [0, 0.1) is 18.8 Å². The minimum absolute atomic E-state index is 0.0446. The minimum Gasteiger partial charge on any atom is -0.395 e. The molecule has 0 aliphatic rings. The van der Waals surface area contributed by atoms with E-state index in [2.05, 4.69) is 27.4 Å². The lowest BCUT2D eigenvalue weighted by Crippen LogP contribution is -2.11. The Balaban J connectivity index is 2.15. The SMILES string of the molecule is Cc1ccc(NC(=O)c2cn[nH]c2)cc1C#CCCO. The van der Waals surface area contributed by atoms with E-state index in [1.165, 1.54) is 12.4 Å². The van der Waals surface area contributed by atoms with Gasteiger partial charge in [-0.1, -0.05) is 17.9 Å². The van der Waals surface area contributed by atoms with Crippen LogP contribution in [0.15, 0.2) is 30.6 Å². The zero-order valence-electron chi connectivity index (χ0n) is 11.1. The average Bonchev–Trinajstić information content (AvgIpc) is 2.96. The highest BCUT2D eigenvalue weighted by atomic mass is 16.2. The number of aromatic amines is 1. The van der Waals surface area contributed by atoms with Gasteiger partial charge in [-0.25, -0.2) is 0 Å². The van der Waals surface area contributed by atoms with Crippen LogP contribution in [0.5, 0.6) is 0 Å². The molecule has 2 rings (SSSR count). The van der Waals surface area contributed by atoms with Gasteiger partial charge in [0.25, 0.3) is 5.91 Å². The highest BCUT2D eigenvalue weighted by Crippen LogP contribution is 2.15. The summed E-state index contributed by atoms with van der Waals surface area (Å²) in [6.45, 7) is 1.99. The van der Waals surface area contributed by atoms with Crippen molar-refractivity contribution in [1.29, 1.82) is 0 Å². The van der Waals surface area contributed by atoms with Gasteiger partial charge in [0.05, 0.1) is 18.4 Å². The first-order chi connectivity index (χ1) is 9.70. The summed E-state index contributed by atoms with van der Waals surface area (Å²) < 4.78 is 0. The van der Waals surface area contributed by atoms with E-state index in [1.807, 2.05) is 25.1 Å². The van der Waals surface area contributed by atoms with Crippen LogP contribution in [-0.4, -0.2) is 27.8 Å². The van der Waals surface area contributed by atoms with Gasteiger partial charge in [0.1, 0.15) is 0 Å². The summed E-state index contributed by atoms with van der Waals surface area (Å²) >= 11 is 0. The third kappa shape index (κ3) is 3.46. The summed E-state index contributed by atoms with van der Waals surface area (Å²) in [7, 11) is 0. The minimum atomic E-state index is -0.225. The summed E-state index contributed by atoms with van der Waals surface area (Å²) in [5.41, 5.74) is 3.01. The van der Waals surface area contributed by atoms with Gasteiger partial charge in [-0.2, -0.15) is 5.10 Å². The van der Waals surface area contributed by atoms with Crippen molar-refractivity contribution in [1.82, 2.24) is 10.2 Å². The van der Waals surface area contributed by atoms with E-state index in [-0.39, 0.29) is 12.5 Å². The van der Waals surface area contributed by atoms with Crippen LogP contribution >= 0.6 is 0 Å². The van der Waals surface area contributed by atoms with Crippen molar-refractivity contribution in [3.63, 3.8) is 0 Å². The van der Waals surface area contributed by atoms with Gasteiger partial charge in [-0.15, -0.1) is 0 Å². The Bertz CT molecular complexity index is 651. The molecule has 3 N–H and O–H groups in total. The molecule has 0 atom stereocenters. The summed E-state index contributed by atoms with van der Waals surface area (Å²) in [4.78, 5) is 11.9. The largest absolute Gasteiger partial charge is 0.395 e. The standard InChI is InChI=1S/C15H15N3O2/c1-11-5-6-14(8-12(11)4-2-3-7-19)18-15(20)13-9-16-17-10-13/h5-6,8-10,19H,3,7H2,1H3,(H,16,17)(H,18,20). The van der Waals surface area contributed by atoms with E-state index in [9.17, 15) is 4.79 Å². The molecule has 0 saturated heterocycles. The van der Waals surface area contributed by atoms with E-state index in [4.69, 9.17) is 5.11 Å². The third-order valence-corrected chi connectivity index (χ3v) is 2.72. The molecule has 1 amide bonds. The number of aliphatic hydroxyl groups is 1. The molecule has 0 spiro atoms. The van der Waals surface area contributed by atoms with Crippen LogP contribution in [0.2, 0.25) is 0 Å². The summed E-state index contributed by atoms with van der Waals surface area (Å²) in [6, 6.07) is 5.54. The molecule has 1 heterocycles. The Morgan fingerprint density at radius 1 is 1.50 bits per heavy atom. The average molecular weight is 269 g/mol. The Morgan fingerprint density at radius 3 is 3.05 bits per heavy atom. The lowest BCUT2D eigenvalue weighted by atomic mass is 10.1. The number of hydrogen-bond acceptors (Lipinski definition) is 3. The highest BCUT2D eigenvalue weighted by molar-refractivity contribution is 6.03. The Morgan fingerprint density at radius 2 is 2.35 bits per heavy atom. The predicted molar refractivity (Wildman–Crippen MR) is 76.3 cm³/mol. The van der Waals surface area contributed by atoms with E-state index in [0.29, 0.717) is 17.7 Å². The molecular weight excluding hydrogens is 254 g/mol. The van der Waals surface area contributed by atoms with Crippen LogP contribution < -0.4 is 5.32 Å². The molecule has 0 fully saturated rings. The summed E-state index contributed by atoms with van der Waals surface area (Å²) in [5, 5.41) is 17.8. The second-order valence-corrected chi connectivity index (χ2v) is 4.25. The second-order valence-electron chi connectivity index (χ2n) is 4.25. The zero-order valence-corrected chi connectivity index (χ0v) is 11.1. The third-order valence-electron chi connectivity index (χ3n) is 2.72. The van der Waals surface area contributed by atoms with E-state index < -0.39 is 0 Å². The lowest BCUT2D eigenvalue weighted by molar-refractivity contribution is 0.102. The number of carbonyl (C=O) groups excluding carboxylic acids is 1. The molecule has 1 aromatic carbocycles. The molecule has 5 nitrogen and oxygen atoms in total. The number of aryl methyl sites for hydroxylation is 1. The van der Waals surface area contributed by atoms with Gasteiger partial charge in [0, 0.05) is 23.9 Å². The molecule has 0 bridgehead atoms. The number of rotatable bonds is 3. The van der Waals surface area contributed by atoms with Crippen LogP contribution in [0.25, 0.3) is 0 Å². The molecule has 0 aliphatic carbocycles. The molecule has 20 heavy (non-hydrogen) atoms. The smallest absolute Gasteiger partial charge is 0.258 e. The first kappa shape index (κ1) is 13.8. The molecule has 1 aromatic heterocycles. The molecule has 5 heteroatoms. The molecule has 0 radical (unpaired) electrons. The van der Waals surface area contributed by atoms with Crippen LogP contribution in [0.3, 0.4) is 0 Å². The number of nitrogens with one attached hydrogen (secondary N) is 2. The summed E-state index contributed by atoms with van der Waals surface area (Å²) in [5.74, 6) is 5.63. The number of hydrogen-bond donors (Lipinski definition) is 3. The van der Waals surface area contributed by atoms with Gasteiger partial charge < -0.3 is 10.4 Å². The quantitative estimate of drug-likeness (QED) is 0.742.